The second-order valence-corrected chi connectivity index (χ2v) is 12.1. The minimum atomic E-state index is 0.0161. The highest BCUT2D eigenvalue weighted by Crippen LogP contribution is 2.46. The molecule has 0 unspecified atom stereocenters. The molecule has 0 saturated heterocycles. The van der Waals surface area contributed by atoms with Crippen LogP contribution in [0.3, 0.4) is 0 Å². The summed E-state index contributed by atoms with van der Waals surface area (Å²) in [5.74, 6) is 1.20. The summed E-state index contributed by atoms with van der Waals surface area (Å²) in [4.78, 5) is 10.1. The fourth-order valence-corrected chi connectivity index (χ4v) is 7.81. The minimum Gasteiger partial charge on any atom is -0.507 e. The number of aryl methyl sites for hydroxylation is 2. The van der Waals surface area contributed by atoms with Crippen molar-refractivity contribution in [2.24, 2.45) is 9.98 Å². The van der Waals surface area contributed by atoms with Gasteiger partial charge in [-0.1, -0.05) is 30.3 Å². The van der Waals surface area contributed by atoms with Crippen molar-refractivity contribution in [3.05, 3.63) is 89.5 Å². The standard InChI is InChI=1S/C18H15NO2S2.C16H11NO2S2/c1-11-16-15(21-2)8-5-13(9-20)18(16)23-17(11)12-3-6-14(7-4-12)19-10-22;1-9-14-12(18)6-7-13(19)16(14)21-15(9)10-2-4-11(5-3-10)17-8-20/h3-8,20H,9H2,1-2H3;2-7,18-19H,1H3. The Morgan fingerprint density at radius 3 is 1.66 bits per heavy atom. The number of phenolic OH excluding ortho intramolecular Hbond substituents is 2. The molecular formula is C34H26N2O4S4. The molecule has 0 aliphatic carbocycles. The van der Waals surface area contributed by atoms with Crippen LogP contribution < -0.4 is 4.74 Å². The molecule has 0 spiro atoms. The fraction of sp³-hybridized carbons (Fsp3) is 0.118. The summed E-state index contributed by atoms with van der Waals surface area (Å²) < 4.78 is 7.27. The molecule has 0 bridgehead atoms. The average molecular weight is 655 g/mol. The molecular weight excluding hydrogens is 629 g/mol. The molecule has 0 amide bonds. The highest BCUT2D eigenvalue weighted by molar-refractivity contribution is 7.78. The van der Waals surface area contributed by atoms with Gasteiger partial charge in [-0.15, -0.1) is 22.7 Å². The number of thiocarbonyl (C=S) groups is 2. The smallest absolute Gasteiger partial charge is 0.133 e. The topological polar surface area (TPSA) is 94.6 Å². The lowest BCUT2D eigenvalue weighted by atomic mass is 10.0. The quantitative estimate of drug-likeness (QED) is 0.0940. The summed E-state index contributed by atoms with van der Waals surface area (Å²) in [6.45, 7) is 4.04. The number of nitrogens with zero attached hydrogens (tertiary/aromatic N) is 2. The third-order valence-electron chi connectivity index (χ3n) is 7.15. The maximum atomic E-state index is 10.0. The number of rotatable bonds is 6. The van der Waals surface area contributed by atoms with Crippen LogP contribution in [0.5, 0.6) is 17.2 Å². The first-order valence-electron chi connectivity index (χ1n) is 13.3. The Morgan fingerprint density at radius 2 is 1.18 bits per heavy atom. The molecule has 6 aromatic rings. The van der Waals surface area contributed by atoms with Crippen LogP contribution in [-0.2, 0) is 6.61 Å². The SMILES string of the molecule is COc1ccc(CO)c2sc(-c3ccc(N=C=S)cc3)c(C)c12.Cc1c(-c2ccc(N=C=S)cc2)sc2c(O)ccc(O)c12. The van der Waals surface area contributed by atoms with Gasteiger partial charge in [-0.25, -0.2) is 0 Å². The number of aliphatic imine (C=N–C) groups is 2. The Labute approximate surface area is 272 Å². The first-order valence-corrected chi connectivity index (χ1v) is 15.8. The van der Waals surface area contributed by atoms with Gasteiger partial charge in [-0.2, -0.15) is 9.98 Å². The summed E-state index contributed by atoms with van der Waals surface area (Å²) in [7, 11) is 1.67. The van der Waals surface area contributed by atoms with Gasteiger partial charge in [0.05, 0.1) is 40.1 Å². The molecule has 0 radical (unpaired) electrons. The van der Waals surface area contributed by atoms with Crippen molar-refractivity contribution in [1.82, 2.24) is 0 Å². The number of methoxy groups -OCH3 is 1. The molecule has 0 aliphatic heterocycles. The Morgan fingerprint density at radius 1 is 0.682 bits per heavy atom. The van der Waals surface area contributed by atoms with E-state index in [-0.39, 0.29) is 18.1 Å². The Kier molecular flexibility index (Phi) is 9.64. The van der Waals surface area contributed by atoms with Gasteiger partial charge >= 0.3 is 0 Å². The van der Waals surface area contributed by atoms with E-state index >= 15 is 0 Å². The van der Waals surface area contributed by atoms with Gasteiger partial charge in [-0.05, 0) is 109 Å². The van der Waals surface area contributed by atoms with Crippen LogP contribution in [0.4, 0.5) is 11.4 Å². The third-order valence-corrected chi connectivity index (χ3v) is 10.1. The molecule has 6 nitrogen and oxygen atoms in total. The van der Waals surface area contributed by atoms with E-state index in [1.165, 1.54) is 23.5 Å². The van der Waals surface area contributed by atoms with Crippen molar-refractivity contribution in [3.8, 4) is 38.1 Å². The van der Waals surface area contributed by atoms with E-state index in [1.54, 1.807) is 18.4 Å². The predicted molar refractivity (Wildman–Crippen MR) is 189 cm³/mol. The van der Waals surface area contributed by atoms with Crippen LogP contribution >= 0.6 is 47.1 Å². The van der Waals surface area contributed by atoms with E-state index in [0.717, 1.165) is 64.8 Å². The number of phenols is 2. The third kappa shape index (κ3) is 6.06. The molecule has 44 heavy (non-hydrogen) atoms. The van der Waals surface area contributed by atoms with E-state index in [2.05, 4.69) is 51.7 Å². The van der Waals surface area contributed by atoms with Gasteiger partial charge < -0.3 is 20.1 Å². The fourth-order valence-electron chi connectivity index (χ4n) is 5.02. The number of aromatic hydroxyl groups is 2. The minimum absolute atomic E-state index is 0.0161. The Hall–Kier alpha value is -4.24. The molecule has 3 N–H and O–H groups in total. The normalized spacial score (nSPS) is 10.5. The average Bonchev–Trinajstić information content (AvgIpc) is 3.58. The molecule has 10 heteroatoms. The monoisotopic (exact) mass is 654 g/mol. The zero-order valence-electron chi connectivity index (χ0n) is 23.9. The van der Waals surface area contributed by atoms with E-state index < -0.39 is 0 Å². The number of hydrogen-bond donors (Lipinski definition) is 3. The molecule has 0 saturated carbocycles. The lowest BCUT2D eigenvalue weighted by Gasteiger charge is -2.06. The van der Waals surface area contributed by atoms with Crippen LogP contribution in [0, 0.1) is 13.8 Å². The van der Waals surface area contributed by atoms with Crippen LogP contribution in [0.2, 0.25) is 0 Å². The van der Waals surface area contributed by atoms with Gasteiger partial charge in [0.2, 0.25) is 0 Å². The van der Waals surface area contributed by atoms with Crippen molar-refractivity contribution < 1.29 is 20.1 Å². The highest BCUT2D eigenvalue weighted by atomic mass is 32.1. The molecule has 220 valence electrons. The van der Waals surface area contributed by atoms with E-state index in [9.17, 15) is 15.3 Å². The van der Waals surface area contributed by atoms with E-state index in [0.29, 0.717) is 10.1 Å². The maximum absolute atomic E-state index is 10.0. The largest absolute Gasteiger partial charge is 0.507 e. The molecule has 0 fully saturated rings. The van der Waals surface area contributed by atoms with Gasteiger partial charge in [0.15, 0.2) is 0 Å². The van der Waals surface area contributed by atoms with Gasteiger partial charge in [0, 0.05) is 25.2 Å². The van der Waals surface area contributed by atoms with Crippen LogP contribution in [0.1, 0.15) is 16.7 Å². The van der Waals surface area contributed by atoms with Crippen molar-refractivity contribution in [2.45, 2.75) is 20.5 Å². The number of ether oxygens (including phenoxy) is 1. The lowest BCUT2D eigenvalue weighted by Crippen LogP contribution is -1.88. The van der Waals surface area contributed by atoms with Crippen molar-refractivity contribution in [3.63, 3.8) is 0 Å². The van der Waals surface area contributed by atoms with Crippen LogP contribution in [0.15, 0.2) is 82.8 Å². The maximum Gasteiger partial charge on any atom is 0.133 e. The lowest BCUT2D eigenvalue weighted by molar-refractivity contribution is 0.283. The summed E-state index contributed by atoms with van der Waals surface area (Å²) >= 11 is 12.3. The predicted octanol–water partition coefficient (Wildman–Crippen LogP) is 10.1. The number of fused-ring (bicyclic) bond motifs is 2. The molecule has 2 aromatic heterocycles. The first-order chi connectivity index (χ1) is 21.3. The van der Waals surface area contributed by atoms with Crippen LogP contribution in [0.25, 0.3) is 41.1 Å². The van der Waals surface area contributed by atoms with Gasteiger partial charge in [0.25, 0.3) is 0 Å². The van der Waals surface area contributed by atoms with E-state index in [1.807, 2.05) is 67.6 Å². The number of aliphatic hydroxyl groups excluding tert-OH is 1. The molecule has 4 aromatic carbocycles. The summed E-state index contributed by atoms with van der Waals surface area (Å²) in [5, 5.41) is 36.1. The zero-order chi connectivity index (χ0) is 31.4. The second kappa shape index (κ2) is 13.6. The number of hydrogen-bond acceptors (Lipinski definition) is 10. The van der Waals surface area contributed by atoms with E-state index in [4.69, 9.17) is 4.74 Å². The van der Waals surface area contributed by atoms with Crippen molar-refractivity contribution >= 4 is 89.0 Å². The Balaban J connectivity index is 0.000000175. The zero-order valence-corrected chi connectivity index (χ0v) is 27.2. The summed E-state index contributed by atoms with van der Waals surface area (Å²) in [6.07, 6.45) is 0. The van der Waals surface area contributed by atoms with Gasteiger partial charge in [0.1, 0.15) is 17.2 Å². The number of thiophene rings is 2. The molecule has 0 aliphatic rings. The summed E-state index contributed by atoms with van der Waals surface area (Å²) in [6, 6.07) is 22.3. The second-order valence-electron chi connectivity index (χ2n) is 9.71. The van der Waals surface area contributed by atoms with Gasteiger partial charge in [-0.3, -0.25) is 0 Å². The summed E-state index contributed by atoms with van der Waals surface area (Å²) in [5.41, 5.74) is 6.68. The number of isothiocyanates is 2. The molecule has 6 rings (SSSR count). The Bertz CT molecular complexity index is 2090. The molecule has 2 heterocycles. The molecule has 0 atom stereocenters. The first kappa shape index (κ1) is 31.2. The van der Waals surface area contributed by atoms with Crippen molar-refractivity contribution in [2.75, 3.05) is 7.11 Å². The number of aliphatic hydroxyl groups is 1. The van der Waals surface area contributed by atoms with Crippen molar-refractivity contribution in [1.29, 1.82) is 0 Å². The number of benzene rings is 4. The van der Waals surface area contributed by atoms with Crippen LogP contribution in [-0.4, -0.2) is 32.8 Å². The highest BCUT2D eigenvalue weighted by Gasteiger charge is 2.18.